The van der Waals surface area contributed by atoms with E-state index in [0.29, 0.717) is 12.0 Å². The minimum Gasteiger partial charge on any atom is -0.468 e. The molecule has 10 nitrogen and oxygen atoms in total. The van der Waals surface area contributed by atoms with Gasteiger partial charge in [-0.1, -0.05) is 31.2 Å². The summed E-state index contributed by atoms with van der Waals surface area (Å²) in [7, 11) is 1.21. The zero-order valence-electron chi connectivity index (χ0n) is 21.9. The number of carbonyl (C=O) groups excluding carboxylic acids is 4. The molecule has 0 spiro atoms. The first-order valence-corrected chi connectivity index (χ1v) is 11.5. The SMILES string of the molecule is CCC(C)(C)N(C(=O)C(CO)NC(=O)OC(C)(C)C)C(C(=O)NCC(=O)OC)c1ccccc1C. The Balaban J connectivity index is 3.54. The number of nitrogens with zero attached hydrogens (tertiary/aromatic N) is 1. The van der Waals surface area contributed by atoms with Crippen LogP contribution in [0.2, 0.25) is 0 Å². The number of amides is 3. The van der Waals surface area contributed by atoms with Crippen molar-refractivity contribution in [1.29, 1.82) is 0 Å². The monoisotopic (exact) mass is 493 g/mol. The van der Waals surface area contributed by atoms with E-state index in [1.807, 2.05) is 6.92 Å². The van der Waals surface area contributed by atoms with E-state index >= 15 is 0 Å². The van der Waals surface area contributed by atoms with Crippen molar-refractivity contribution in [2.45, 2.75) is 78.1 Å². The second kappa shape index (κ2) is 12.5. The number of nitrogens with one attached hydrogen (secondary N) is 2. The van der Waals surface area contributed by atoms with Gasteiger partial charge in [-0.15, -0.1) is 0 Å². The Hall–Kier alpha value is -3.14. The molecule has 196 valence electrons. The highest BCUT2D eigenvalue weighted by Crippen LogP contribution is 2.33. The number of methoxy groups -OCH3 is 1. The van der Waals surface area contributed by atoms with Crippen LogP contribution in [0.5, 0.6) is 0 Å². The van der Waals surface area contributed by atoms with Gasteiger partial charge in [0.1, 0.15) is 24.2 Å². The first-order valence-electron chi connectivity index (χ1n) is 11.5. The molecule has 0 aliphatic carbocycles. The molecular weight excluding hydrogens is 454 g/mol. The van der Waals surface area contributed by atoms with E-state index in [-0.39, 0.29) is 6.54 Å². The van der Waals surface area contributed by atoms with E-state index in [0.717, 1.165) is 5.56 Å². The summed E-state index contributed by atoms with van der Waals surface area (Å²) >= 11 is 0. The molecule has 2 unspecified atom stereocenters. The Morgan fingerprint density at radius 2 is 1.69 bits per heavy atom. The summed E-state index contributed by atoms with van der Waals surface area (Å²) in [5.74, 6) is -1.92. The van der Waals surface area contributed by atoms with Gasteiger partial charge in [-0.3, -0.25) is 14.4 Å². The van der Waals surface area contributed by atoms with Crippen molar-refractivity contribution < 1.29 is 33.8 Å². The smallest absolute Gasteiger partial charge is 0.408 e. The fourth-order valence-corrected chi connectivity index (χ4v) is 3.37. The number of alkyl carbamates (subject to hydrolysis) is 1. The lowest BCUT2D eigenvalue weighted by Crippen LogP contribution is -2.60. The molecule has 3 N–H and O–H groups in total. The molecule has 0 aliphatic rings. The van der Waals surface area contributed by atoms with Crippen LogP contribution in [0, 0.1) is 6.92 Å². The molecule has 0 fully saturated rings. The highest BCUT2D eigenvalue weighted by Gasteiger charge is 2.43. The number of aliphatic hydroxyl groups excluding tert-OH is 1. The summed E-state index contributed by atoms with van der Waals surface area (Å²) in [5, 5.41) is 15.0. The van der Waals surface area contributed by atoms with Gasteiger partial charge in [0, 0.05) is 5.54 Å². The Bertz CT molecular complexity index is 909. The molecule has 2 atom stereocenters. The Morgan fingerprint density at radius 1 is 1.09 bits per heavy atom. The van der Waals surface area contributed by atoms with Crippen LogP contribution in [0.4, 0.5) is 4.79 Å². The number of hydrogen-bond acceptors (Lipinski definition) is 7. The number of carbonyl (C=O) groups is 4. The Kier molecular flexibility index (Phi) is 10.7. The topological polar surface area (TPSA) is 134 Å². The quantitative estimate of drug-likeness (QED) is 0.426. The standard InChI is InChI=1S/C25H39N3O7/c1-9-25(6,7)28(22(32)18(15-29)27-23(33)35-24(3,4)5)20(17-13-11-10-12-16(17)2)21(31)26-14-19(30)34-8/h10-13,18,20,29H,9,14-15H2,1-8H3,(H,26,31)(H,27,33). The van der Waals surface area contributed by atoms with Crippen LogP contribution in [0.25, 0.3) is 0 Å². The van der Waals surface area contributed by atoms with Gasteiger partial charge in [-0.05, 0) is 59.1 Å². The molecule has 0 heterocycles. The van der Waals surface area contributed by atoms with Crippen LogP contribution in [0.1, 0.15) is 65.1 Å². The van der Waals surface area contributed by atoms with Crippen LogP contribution in [-0.4, -0.2) is 71.3 Å². The highest BCUT2D eigenvalue weighted by molar-refractivity contribution is 5.94. The van der Waals surface area contributed by atoms with Crippen LogP contribution < -0.4 is 10.6 Å². The van der Waals surface area contributed by atoms with Crippen molar-refractivity contribution in [3.05, 3.63) is 35.4 Å². The molecule has 0 saturated carbocycles. The third kappa shape index (κ3) is 8.54. The first-order chi connectivity index (χ1) is 16.2. The van der Waals surface area contributed by atoms with E-state index in [9.17, 15) is 24.3 Å². The lowest BCUT2D eigenvalue weighted by Gasteiger charge is -2.44. The average Bonchev–Trinajstić information content (AvgIpc) is 2.77. The Labute approximate surface area is 207 Å². The van der Waals surface area contributed by atoms with Crippen LogP contribution in [0.3, 0.4) is 0 Å². The summed E-state index contributed by atoms with van der Waals surface area (Å²) in [4.78, 5) is 52.7. The number of ether oxygens (including phenoxy) is 2. The van der Waals surface area contributed by atoms with Gasteiger partial charge in [0.05, 0.1) is 13.7 Å². The summed E-state index contributed by atoms with van der Waals surface area (Å²) < 4.78 is 9.85. The van der Waals surface area contributed by atoms with Crippen molar-refractivity contribution in [2.24, 2.45) is 0 Å². The molecule has 0 aromatic heterocycles. The van der Waals surface area contributed by atoms with Gasteiger partial charge in [-0.2, -0.15) is 0 Å². The maximum atomic E-state index is 13.8. The predicted octanol–water partition coefficient (Wildman–Crippen LogP) is 2.23. The van der Waals surface area contributed by atoms with E-state index < -0.39 is 53.7 Å². The molecule has 0 radical (unpaired) electrons. The maximum absolute atomic E-state index is 13.8. The van der Waals surface area contributed by atoms with E-state index in [1.54, 1.807) is 65.8 Å². The van der Waals surface area contributed by atoms with Gasteiger partial charge in [0.2, 0.25) is 11.8 Å². The van der Waals surface area contributed by atoms with Gasteiger partial charge in [0.15, 0.2) is 0 Å². The normalized spacial score (nSPS) is 13.3. The minimum atomic E-state index is -1.37. The van der Waals surface area contributed by atoms with Crippen molar-refractivity contribution in [2.75, 3.05) is 20.3 Å². The average molecular weight is 494 g/mol. The van der Waals surface area contributed by atoms with Gasteiger partial charge < -0.3 is 30.1 Å². The fraction of sp³-hybridized carbons (Fsp3) is 0.600. The first kappa shape index (κ1) is 29.9. The van der Waals surface area contributed by atoms with Gasteiger partial charge in [-0.25, -0.2) is 4.79 Å². The molecule has 0 aliphatic heterocycles. The second-order valence-electron chi connectivity index (χ2n) is 9.81. The molecule has 10 heteroatoms. The molecular formula is C25H39N3O7. The molecule has 3 amide bonds. The number of benzene rings is 1. The van der Waals surface area contributed by atoms with Crippen LogP contribution >= 0.6 is 0 Å². The van der Waals surface area contributed by atoms with Crippen molar-refractivity contribution in [1.82, 2.24) is 15.5 Å². The van der Waals surface area contributed by atoms with Crippen LogP contribution in [-0.2, 0) is 23.9 Å². The van der Waals surface area contributed by atoms with E-state index in [4.69, 9.17) is 4.74 Å². The van der Waals surface area contributed by atoms with Crippen LogP contribution in [0.15, 0.2) is 24.3 Å². The summed E-state index contributed by atoms with van der Waals surface area (Å²) in [6.07, 6.45) is -0.419. The summed E-state index contributed by atoms with van der Waals surface area (Å²) in [5.41, 5.74) is -0.405. The predicted molar refractivity (Wildman–Crippen MR) is 130 cm³/mol. The zero-order chi connectivity index (χ0) is 27.0. The third-order valence-electron chi connectivity index (χ3n) is 5.55. The van der Waals surface area contributed by atoms with Crippen molar-refractivity contribution in [3.8, 4) is 0 Å². The second-order valence-corrected chi connectivity index (χ2v) is 9.81. The number of esters is 1. The van der Waals surface area contributed by atoms with Crippen molar-refractivity contribution >= 4 is 23.9 Å². The summed E-state index contributed by atoms with van der Waals surface area (Å²) in [6, 6.07) is 4.56. The molecule has 0 bridgehead atoms. The lowest BCUT2D eigenvalue weighted by atomic mass is 9.90. The van der Waals surface area contributed by atoms with Gasteiger partial charge in [0.25, 0.3) is 0 Å². The lowest BCUT2D eigenvalue weighted by molar-refractivity contribution is -0.150. The Morgan fingerprint density at radius 3 is 2.17 bits per heavy atom. The number of aliphatic hydroxyl groups is 1. The minimum absolute atomic E-state index is 0.383. The molecule has 1 rings (SSSR count). The number of hydrogen-bond donors (Lipinski definition) is 3. The van der Waals surface area contributed by atoms with Gasteiger partial charge >= 0.3 is 12.1 Å². The maximum Gasteiger partial charge on any atom is 0.408 e. The number of rotatable bonds is 10. The van der Waals surface area contributed by atoms with E-state index in [2.05, 4.69) is 15.4 Å². The molecule has 1 aromatic rings. The van der Waals surface area contributed by atoms with Crippen molar-refractivity contribution in [3.63, 3.8) is 0 Å². The molecule has 1 aromatic carbocycles. The third-order valence-corrected chi connectivity index (χ3v) is 5.55. The van der Waals surface area contributed by atoms with E-state index in [1.165, 1.54) is 12.0 Å². The largest absolute Gasteiger partial charge is 0.468 e. The summed E-state index contributed by atoms with van der Waals surface area (Å²) in [6.45, 7) is 11.2. The molecule has 0 saturated heterocycles. The zero-order valence-corrected chi connectivity index (χ0v) is 21.9. The highest BCUT2D eigenvalue weighted by atomic mass is 16.6. The number of aryl methyl sites for hydroxylation is 1. The molecule has 35 heavy (non-hydrogen) atoms. The fourth-order valence-electron chi connectivity index (χ4n) is 3.37.